The molecule has 0 radical (unpaired) electrons. The standard InChI is InChI=1S/C17H25BrN2O/c1-3-8-20-9-6-17(7-10-20)12-15(19-2)14-11-13(18)4-5-16(14)21-17/h4-5,11,15,19H,3,6-10,12H2,1-2H3. The maximum Gasteiger partial charge on any atom is 0.125 e. The van der Waals surface area contributed by atoms with E-state index in [0.717, 1.165) is 42.6 Å². The van der Waals surface area contributed by atoms with Gasteiger partial charge < -0.3 is 15.0 Å². The van der Waals surface area contributed by atoms with E-state index in [1.54, 1.807) is 0 Å². The Morgan fingerprint density at radius 3 is 2.81 bits per heavy atom. The van der Waals surface area contributed by atoms with Crippen LogP contribution in [0.15, 0.2) is 22.7 Å². The van der Waals surface area contributed by atoms with Crippen LogP contribution in [0.25, 0.3) is 0 Å². The Balaban J connectivity index is 1.79. The molecule has 0 bridgehead atoms. The minimum absolute atomic E-state index is 0.0265. The lowest BCUT2D eigenvalue weighted by Gasteiger charge is -2.47. The fourth-order valence-electron chi connectivity index (χ4n) is 3.71. The van der Waals surface area contributed by atoms with E-state index in [0.29, 0.717) is 6.04 Å². The van der Waals surface area contributed by atoms with E-state index in [4.69, 9.17) is 4.74 Å². The van der Waals surface area contributed by atoms with E-state index < -0.39 is 0 Å². The molecule has 1 aromatic rings. The summed E-state index contributed by atoms with van der Waals surface area (Å²) in [6, 6.07) is 6.78. The van der Waals surface area contributed by atoms with Gasteiger partial charge in [-0.3, -0.25) is 0 Å². The first kappa shape index (κ1) is 15.3. The lowest BCUT2D eigenvalue weighted by molar-refractivity contribution is -0.0245. The fraction of sp³-hybridized carbons (Fsp3) is 0.647. The Morgan fingerprint density at radius 1 is 1.38 bits per heavy atom. The molecule has 2 aliphatic heterocycles. The molecule has 1 saturated heterocycles. The molecule has 1 fully saturated rings. The number of nitrogens with zero attached hydrogens (tertiary/aromatic N) is 1. The van der Waals surface area contributed by atoms with Crippen molar-refractivity contribution in [1.82, 2.24) is 10.2 Å². The van der Waals surface area contributed by atoms with Crippen LogP contribution in [0.2, 0.25) is 0 Å². The third kappa shape index (κ3) is 3.13. The zero-order valence-corrected chi connectivity index (χ0v) is 14.6. The third-order valence-corrected chi connectivity index (χ3v) is 5.40. The fourth-order valence-corrected chi connectivity index (χ4v) is 4.08. The number of hydrogen-bond acceptors (Lipinski definition) is 3. The van der Waals surface area contributed by atoms with E-state index in [2.05, 4.69) is 58.3 Å². The molecule has 2 aliphatic rings. The highest BCUT2D eigenvalue weighted by Crippen LogP contribution is 2.44. The zero-order valence-electron chi connectivity index (χ0n) is 13.0. The van der Waals surface area contributed by atoms with E-state index >= 15 is 0 Å². The SMILES string of the molecule is CCCN1CCC2(CC1)CC(NC)c1cc(Br)ccc1O2. The summed E-state index contributed by atoms with van der Waals surface area (Å²) in [6.45, 7) is 5.80. The van der Waals surface area contributed by atoms with Crippen molar-refractivity contribution in [3.8, 4) is 5.75 Å². The Hall–Kier alpha value is -0.580. The lowest BCUT2D eigenvalue weighted by atomic mass is 9.80. The van der Waals surface area contributed by atoms with E-state index in [1.807, 2.05) is 0 Å². The van der Waals surface area contributed by atoms with Crippen molar-refractivity contribution in [3.63, 3.8) is 0 Å². The number of benzene rings is 1. The van der Waals surface area contributed by atoms with Crippen LogP contribution < -0.4 is 10.1 Å². The first-order chi connectivity index (χ1) is 10.2. The number of piperidine rings is 1. The van der Waals surface area contributed by atoms with Crippen molar-refractivity contribution in [2.24, 2.45) is 0 Å². The molecular weight excluding hydrogens is 328 g/mol. The topological polar surface area (TPSA) is 24.5 Å². The predicted molar refractivity (Wildman–Crippen MR) is 89.9 cm³/mol. The summed E-state index contributed by atoms with van der Waals surface area (Å²) in [7, 11) is 2.06. The van der Waals surface area contributed by atoms with Crippen LogP contribution in [0.1, 0.15) is 44.2 Å². The van der Waals surface area contributed by atoms with Gasteiger partial charge in [0, 0.05) is 35.6 Å². The second-order valence-corrected chi connectivity index (χ2v) is 7.27. The number of fused-ring (bicyclic) bond motifs is 1. The molecule has 21 heavy (non-hydrogen) atoms. The number of ether oxygens (including phenoxy) is 1. The molecule has 4 heteroatoms. The van der Waals surface area contributed by atoms with Crippen molar-refractivity contribution in [1.29, 1.82) is 0 Å². The summed E-state index contributed by atoms with van der Waals surface area (Å²) in [5.41, 5.74) is 1.31. The molecule has 0 saturated carbocycles. The van der Waals surface area contributed by atoms with Gasteiger partial charge in [-0.15, -0.1) is 0 Å². The largest absolute Gasteiger partial charge is 0.487 e. The highest BCUT2D eigenvalue weighted by atomic mass is 79.9. The second-order valence-electron chi connectivity index (χ2n) is 6.35. The molecule has 1 unspecified atom stereocenters. The smallest absolute Gasteiger partial charge is 0.125 e. The molecule has 116 valence electrons. The normalized spacial score (nSPS) is 24.6. The first-order valence-corrected chi connectivity index (χ1v) is 8.83. The Morgan fingerprint density at radius 2 is 2.14 bits per heavy atom. The predicted octanol–water partition coefficient (Wildman–Crippen LogP) is 3.74. The van der Waals surface area contributed by atoms with Crippen LogP contribution in [-0.4, -0.2) is 37.2 Å². The van der Waals surface area contributed by atoms with Crippen molar-refractivity contribution in [3.05, 3.63) is 28.2 Å². The molecular formula is C17H25BrN2O. The molecule has 1 spiro atoms. The second kappa shape index (κ2) is 6.27. The van der Waals surface area contributed by atoms with Gasteiger partial charge in [0.2, 0.25) is 0 Å². The van der Waals surface area contributed by atoms with Crippen LogP contribution in [0, 0.1) is 0 Å². The number of rotatable bonds is 3. The monoisotopic (exact) mass is 352 g/mol. The van der Waals surface area contributed by atoms with Crippen LogP contribution in [0.3, 0.4) is 0 Å². The van der Waals surface area contributed by atoms with Crippen molar-refractivity contribution in [2.75, 3.05) is 26.7 Å². The third-order valence-electron chi connectivity index (χ3n) is 4.91. The Labute approximate surface area is 136 Å². The maximum atomic E-state index is 6.49. The highest BCUT2D eigenvalue weighted by Gasteiger charge is 2.42. The molecule has 1 N–H and O–H groups in total. The number of likely N-dealkylation sites (tertiary alicyclic amines) is 1. The minimum Gasteiger partial charge on any atom is -0.487 e. The van der Waals surface area contributed by atoms with Gasteiger partial charge in [-0.05, 0) is 51.1 Å². The molecule has 0 aromatic heterocycles. The quantitative estimate of drug-likeness (QED) is 0.896. The number of hydrogen-bond donors (Lipinski definition) is 1. The van der Waals surface area contributed by atoms with Gasteiger partial charge in [-0.25, -0.2) is 0 Å². The van der Waals surface area contributed by atoms with Gasteiger partial charge in [0.1, 0.15) is 11.4 Å². The van der Waals surface area contributed by atoms with E-state index in [-0.39, 0.29) is 5.60 Å². The highest BCUT2D eigenvalue weighted by molar-refractivity contribution is 9.10. The van der Waals surface area contributed by atoms with Crippen molar-refractivity contribution < 1.29 is 4.74 Å². The van der Waals surface area contributed by atoms with Gasteiger partial charge in [0.15, 0.2) is 0 Å². The summed E-state index contributed by atoms with van der Waals surface area (Å²) < 4.78 is 7.61. The average Bonchev–Trinajstić information content (AvgIpc) is 2.50. The maximum absolute atomic E-state index is 6.49. The number of halogens is 1. The Kier molecular flexibility index (Phi) is 4.57. The molecule has 3 nitrogen and oxygen atoms in total. The van der Waals surface area contributed by atoms with Gasteiger partial charge in [-0.1, -0.05) is 22.9 Å². The van der Waals surface area contributed by atoms with Crippen molar-refractivity contribution in [2.45, 2.75) is 44.2 Å². The zero-order chi connectivity index (χ0) is 14.9. The summed E-state index contributed by atoms with van der Waals surface area (Å²) in [5, 5.41) is 3.48. The molecule has 1 aromatic carbocycles. The average molecular weight is 353 g/mol. The van der Waals surface area contributed by atoms with Crippen molar-refractivity contribution >= 4 is 15.9 Å². The summed E-state index contributed by atoms with van der Waals surface area (Å²) in [5.74, 6) is 1.06. The van der Waals surface area contributed by atoms with Crippen LogP contribution >= 0.6 is 15.9 Å². The molecule has 0 aliphatic carbocycles. The summed E-state index contributed by atoms with van der Waals surface area (Å²) in [6.07, 6.45) is 4.60. The Bertz CT molecular complexity index is 498. The van der Waals surface area contributed by atoms with Crippen LogP contribution in [0.5, 0.6) is 5.75 Å². The number of nitrogens with one attached hydrogen (secondary N) is 1. The van der Waals surface area contributed by atoms with Gasteiger partial charge >= 0.3 is 0 Å². The molecule has 1 atom stereocenters. The van der Waals surface area contributed by atoms with E-state index in [9.17, 15) is 0 Å². The molecule has 0 amide bonds. The van der Waals surface area contributed by atoms with Crippen LogP contribution in [0.4, 0.5) is 0 Å². The van der Waals surface area contributed by atoms with Gasteiger partial charge in [0.25, 0.3) is 0 Å². The first-order valence-electron chi connectivity index (χ1n) is 8.04. The van der Waals surface area contributed by atoms with Gasteiger partial charge in [-0.2, -0.15) is 0 Å². The lowest BCUT2D eigenvalue weighted by Crippen LogP contribution is -2.51. The van der Waals surface area contributed by atoms with Crippen LogP contribution in [-0.2, 0) is 0 Å². The van der Waals surface area contributed by atoms with E-state index in [1.165, 1.54) is 18.5 Å². The minimum atomic E-state index is 0.0265. The molecule has 2 heterocycles. The molecule has 3 rings (SSSR count). The summed E-state index contributed by atoms with van der Waals surface area (Å²) >= 11 is 3.57. The summed E-state index contributed by atoms with van der Waals surface area (Å²) in [4.78, 5) is 2.57. The van der Waals surface area contributed by atoms with Gasteiger partial charge in [0.05, 0.1) is 0 Å².